The number of ether oxygens (including phenoxy) is 3. The summed E-state index contributed by atoms with van der Waals surface area (Å²) >= 11 is 17.0. The molecular formula is C80H97Cl3N12O18. The van der Waals surface area contributed by atoms with Crippen molar-refractivity contribution < 1.29 is 77.1 Å². The van der Waals surface area contributed by atoms with E-state index >= 15 is 0 Å². The van der Waals surface area contributed by atoms with Crippen LogP contribution in [0.2, 0.25) is 0 Å². The number of carbonyl (C=O) groups is 10. The van der Waals surface area contributed by atoms with Crippen molar-refractivity contribution in [1.29, 1.82) is 0 Å². The lowest BCUT2D eigenvalue weighted by Gasteiger charge is -2.37. The number of aliphatic hydroxyl groups excluding tert-OH is 1. The zero-order valence-corrected chi connectivity index (χ0v) is 68.1. The maximum atomic E-state index is 13.7. The number of carbonyl (C=O) groups excluding carboxylic acids is 10. The quantitative estimate of drug-likeness (QED) is 0.0150. The molecule has 9 rings (SSSR count). The highest BCUT2D eigenvalue weighted by molar-refractivity contribution is 6.67. The van der Waals surface area contributed by atoms with Gasteiger partial charge in [-0.3, -0.25) is 78.6 Å². The summed E-state index contributed by atoms with van der Waals surface area (Å²) in [5, 5.41) is 43.9. The number of cyclic esters (lactones) is 1. The van der Waals surface area contributed by atoms with Gasteiger partial charge in [-0.05, 0) is 176 Å². The number of rotatable bonds is 16. The van der Waals surface area contributed by atoms with Gasteiger partial charge in [0.05, 0.1) is 38.2 Å². The predicted molar refractivity (Wildman–Crippen MR) is 425 cm³/mol. The third-order valence-electron chi connectivity index (χ3n) is 19.3. The summed E-state index contributed by atoms with van der Waals surface area (Å²) < 4.78 is 13.8. The van der Waals surface area contributed by atoms with Crippen LogP contribution in [0, 0.1) is 56.7 Å². The first-order valence-electron chi connectivity index (χ1n) is 36.7. The number of hydrazine groups is 2. The first-order valence-corrected chi connectivity index (χ1v) is 37.8. The summed E-state index contributed by atoms with van der Waals surface area (Å²) in [5.41, 5.74) is 5.53. The molecule has 3 aliphatic heterocycles. The van der Waals surface area contributed by atoms with Gasteiger partial charge in [0.15, 0.2) is 0 Å². The largest absolute Gasteiger partial charge is 0.460 e. The molecule has 2 saturated heterocycles. The summed E-state index contributed by atoms with van der Waals surface area (Å²) in [5.74, 6) is -6.35. The van der Waals surface area contributed by atoms with Gasteiger partial charge in [0, 0.05) is 62.5 Å². The van der Waals surface area contributed by atoms with Crippen LogP contribution in [0.25, 0.3) is 33.7 Å². The van der Waals surface area contributed by atoms with Gasteiger partial charge in [0.1, 0.15) is 60.1 Å². The molecule has 113 heavy (non-hydrogen) atoms. The molecule has 3 aliphatic rings. The minimum absolute atomic E-state index is 0.210. The number of aliphatic hydroxyl groups is 1. The Hall–Kier alpha value is -10.4. The summed E-state index contributed by atoms with van der Waals surface area (Å²) in [6, 6.07) is 18.1. The van der Waals surface area contributed by atoms with Crippen molar-refractivity contribution in [2.75, 3.05) is 33.8 Å². The number of aryl methyl sites for hydroxylation is 2. The average molecular weight is 1620 g/mol. The van der Waals surface area contributed by atoms with E-state index in [1.165, 1.54) is 57.9 Å². The van der Waals surface area contributed by atoms with Crippen LogP contribution in [0.4, 0.5) is 11.4 Å². The van der Waals surface area contributed by atoms with E-state index in [1.807, 2.05) is 83.1 Å². The van der Waals surface area contributed by atoms with E-state index in [4.69, 9.17) is 44.3 Å². The van der Waals surface area contributed by atoms with Crippen molar-refractivity contribution in [3.05, 3.63) is 174 Å². The zero-order chi connectivity index (χ0) is 84.0. The lowest BCUT2D eigenvalue weighted by Crippen LogP contribution is -2.61. The Balaban J connectivity index is 0.000000245. The Kier molecular flexibility index (Phi) is 30.6. The maximum Gasteiger partial charge on any atom is 0.353 e. The normalized spacial score (nSPS) is 19.5. The Bertz CT molecular complexity index is 4600. The van der Waals surface area contributed by atoms with Crippen molar-refractivity contribution in [2.24, 2.45) is 22.7 Å². The third kappa shape index (κ3) is 23.4. The van der Waals surface area contributed by atoms with Crippen molar-refractivity contribution in [2.45, 2.75) is 175 Å². The molecule has 6 amide bonds. The number of benzene rings is 4. The average Bonchev–Trinajstić information content (AvgIpc) is 1.55. The first-order chi connectivity index (χ1) is 52.8. The van der Waals surface area contributed by atoms with Crippen LogP contribution >= 0.6 is 34.8 Å². The number of likely N-dealkylation sites (N-methyl/N-ethyl adjacent to an activating group) is 2. The number of fused-ring (bicyclic) bond motifs is 5. The van der Waals surface area contributed by atoms with Crippen LogP contribution in [0.3, 0.4) is 0 Å². The van der Waals surface area contributed by atoms with E-state index < -0.39 is 133 Å². The Morgan fingerprint density at radius 1 is 0.796 bits per heavy atom. The molecule has 2 aromatic heterocycles. The van der Waals surface area contributed by atoms with Gasteiger partial charge in [-0.25, -0.2) is 20.4 Å². The van der Waals surface area contributed by atoms with E-state index in [0.29, 0.717) is 50.2 Å². The van der Waals surface area contributed by atoms with Gasteiger partial charge >= 0.3 is 23.9 Å². The van der Waals surface area contributed by atoms with Crippen molar-refractivity contribution in [1.82, 2.24) is 51.3 Å². The van der Waals surface area contributed by atoms with Gasteiger partial charge in [0.2, 0.25) is 27.4 Å². The number of esters is 4. The van der Waals surface area contributed by atoms with Crippen molar-refractivity contribution >= 4 is 139 Å². The maximum absolute atomic E-state index is 13.7. The Morgan fingerprint density at radius 3 is 1.96 bits per heavy atom. The third-order valence-corrected chi connectivity index (χ3v) is 19.6. The summed E-state index contributed by atoms with van der Waals surface area (Å²) in [6.45, 7) is 24.3. The zero-order valence-electron chi connectivity index (χ0n) is 65.9. The second-order valence-electron chi connectivity index (χ2n) is 29.9. The fourth-order valence-corrected chi connectivity index (χ4v) is 13.3. The fraction of sp³-hybridized carbons (Fsp3) is 0.450. The number of nitrogens with one attached hydrogen (secondary N) is 4. The van der Waals surface area contributed by atoms with Crippen LogP contribution in [0.1, 0.15) is 175 Å². The molecular weight excluding hydrogens is 1520 g/mol. The first kappa shape index (κ1) is 89.8. The molecule has 0 radical (unpaired) electrons. The molecule has 0 aliphatic carbocycles. The number of pyridine rings is 2. The van der Waals surface area contributed by atoms with E-state index in [2.05, 4.69) is 36.2 Å². The van der Waals surface area contributed by atoms with Crippen LogP contribution in [-0.4, -0.2) is 178 Å². The number of nitrogens with zero attached hydrogens (tertiary/aromatic N) is 8. The topological polar surface area (TPSA) is 392 Å². The molecule has 8 atom stereocenters. The molecule has 0 saturated carbocycles. The molecule has 6 aromatic rings. The molecule has 0 unspecified atom stereocenters. The minimum Gasteiger partial charge on any atom is -0.460 e. The molecule has 2 fully saturated rings. The smallest absolute Gasteiger partial charge is 0.353 e. The number of hydrogen-bond donors (Lipinski definition) is 5. The van der Waals surface area contributed by atoms with Gasteiger partial charge in [-0.1, -0.05) is 123 Å². The molecule has 30 nitrogen and oxygen atoms in total. The van der Waals surface area contributed by atoms with Crippen LogP contribution in [0.15, 0.2) is 109 Å². The van der Waals surface area contributed by atoms with Gasteiger partial charge in [-0.2, -0.15) is 0 Å². The predicted octanol–water partition coefficient (Wildman–Crippen LogP) is 11.2. The van der Waals surface area contributed by atoms with Crippen molar-refractivity contribution in [3.8, 4) is 0 Å². The number of nitro groups is 2. The van der Waals surface area contributed by atoms with E-state index in [-0.39, 0.29) is 51.8 Å². The second-order valence-corrected chi connectivity index (χ2v) is 32.5. The summed E-state index contributed by atoms with van der Waals surface area (Å²) in [7, 11) is 3.18. The molecule has 0 spiro atoms. The van der Waals surface area contributed by atoms with Crippen LogP contribution in [-0.2, 0) is 52.6 Å². The standard InChI is InChI=1S/C33H44Cl3N5O6.C31H41N5O5.C16H12N2O7/c1-19(2)27(28(43)38-20(3)29(44)41-14-8-9-26(39-41)30(45)47-18-33(34,35)36)40(7)31(46)32(5,6)13-12-25-16-24-15-22(21(4)42)10-11-23(24)17-37-25;1-18(2)26-27(37)33-19(3)28(38)36-14-8-9-25(34-36)29(39)41-20(4)21-10-11-22-17-32-24(16-23(22)15-21)12-13-31(5,6)30(40)35(26)7;1-9-5-3-7-11(17(21)22)13(9)15(19)25-16(20)14-10(2)6-4-8-12(14)18(23)24/h10-13,15-17,19-21,26-27,39,42H,8-9,14,18H2,1-7H3,(H,38,43);10-13,15-20,25-26,34H,8-9,14H2,1-7H3,(H,33,37);3-8H,1-2H3/b2*13-12+;/t20-,21+,26-,27-;19-,20+,25-,26-;/m00./s1. The summed E-state index contributed by atoms with van der Waals surface area (Å²) in [6.07, 6.45) is 11.5. The minimum atomic E-state index is -1.76. The molecule has 33 heteroatoms. The highest BCUT2D eigenvalue weighted by Crippen LogP contribution is 2.33. The highest BCUT2D eigenvalue weighted by atomic mass is 35.6. The highest BCUT2D eigenvalue weighted by Gasteiger charge is 2.42. The van der Waals surface area contributed by atoms with E-state index in [9.17, 15) is 73.3 Å². The molecule has 4 aromatic carbocycles. The lowest BCUT2D eigenvalue weighted by molar-refractivity contribution is -0.385. The van der Waals surface area contributed by atoms with Gasteiger partial charge in [0.25, 0.3) is 23.2 Å². The SMILES string of the molecule is CC(C)[C@@H](C(=O)N[C@@H](C)C(=O)N1CCC[C@@H](C(=O)OCC(Cl)(Cl)Cl)N1)N(C)C(=O)C(C)(C)/C=C/c1cc2cc([C@@H](C)O)ccc2cn1.CC(C)[C@H]1C(=O)N[C@@H](C)C(=O)N2CCC[C@H](N2)C(=O)O[C@H](C)c2ccc3cnc(cc3c2)/C=C/C(C)(C)C(=O)N1C.Cc1cccc([N+](=O)[O-])c1C(=O)OC(=O)c1c(C)cccc1[N+](=O)[O-]. The Morgan fingerprint density at radius 2 is 1.38 bits per heavy atom. The number of amides is 6. The molecule has 606 valence electrons. The lowest BCUT2D eigenvalue weighted by atomic mass is 9.89. The van der Waals surface area contributed by atoms with Gasteiger partial charge in [-0.15, -0.1) is 0 Å². The van der Waals surface area contributed by atoms with Crippen LogP contribution in [0.5, 0.6) is 0 Å². The number of aromatic nitrogens is 2. The summed E-state index contributed by atoms with van der Waals surface area (Å²) in [4.78, 5) is 163. The number of hydrogen-bond acceptors (Lipinski definition) is 22. The molecule has 5 bridgehead atoms. The fourth-order valence-electron chi connectivity index (χ4n) is 13.1. The number of alkyl halides is 3. The van der Waals surface area contributed by atoms with Crippen molar-refractivity contribution in [3.63, 3.8) is 0 Å². The van der Waals surface area contributed by atoms with Crippen LogP contribution < -0.4 is 21.5 Å². The molecule has 5 heterocycles. The monoisotopic (exact) mass is 1620 g/mol. The molecule has 5 N–H and O–H groups in total. The van der Waals surface area contributed by atoms with E-state index in [0.717, 1.165) is 44.8 Å². The van der Waals surface area contributed by atoms with E-state index in [1.54, 1.807) is 99.3 Å². The van der Waals surface area contributed by atoms with Gasteiger partial charge < -0.3 is 39.8 Å². The Labute approximate surface area is 669 Å². The number of halogens is 3. The second kappa shape index (κ2) is 38.4. The number of nitro benzene ring substituents is 2.